The average Bonchev–Trinajstić information content (AvgIpc) is 2.54. The van der Waals surface area contributed by atoms with Crippen LogP contribution in [0.2, 0.25) is 0 Å². The fraction of sp³-hybridized carbons (Fsp3) is 0.353. The van der Waals surface area contributed by atoms with Crippen LogP contribution in [0.15, 0.2) is 54.7 Å². The average molecular weight is 286 g/mol. The van der Waals surface area contributed by atoms with Gasteiger partial charge in [0.25, 0.3) is 0 Å². The standard InChI is InChI=1S/C17H22N2O2/c1-14(17-10-6-7-11-18-17)19(2)12-15(20)13-21-16-8-4-3-5-9-16/h3-11,14-15,20H,12-13H2,1-2H3. The molecule has 4 heteroatoms. The number of aromatic nitrogens is 1. The lowest BCUT2D eigenvalue weighted by atomic mass is 10.2. The largest absolute Gasteiger partial charge is 0.491 e. The van der Waals surface area contributed by atoms with Gasteiger partial charge in [-0.05, 0) is 38.2 Å². The van der Waals surface area contributed by atoms with Crippen molar-refractivity contribution in [2.45, 2.75) is 19.1 Å². The molecule has 1 N–H and O–H groups in total. The number of hydrogen-bond donors (Lipinski definition) is 1. The molecule has 4 nitrogen and oxygen atoms in total. The predicted octanol–water partition coefficient (Wildman–Crippen LogP) is 2.51. The minimum absolute atomic E-state index is 0.151. The molecule has 2 aromatic rings. The number of aliphatic hydroxyl groups is 1. The fourth-order valence-corrected chi connectivity index (χ4v) is 2.10. The first-order valence-electron chi connectivity index (χ1n) is 7.14. The molecule has 0 aliphatic rings. The van der Waals surface area contributed by atoms with Crippen molar-refractivity contribution < 1.29 is 9.84 Å². The van der Waals surface area contributed by atoms with Gasteiger partial charge in [0.05, 0.1) is 5.69 Å². The maximum atomic E-state index is 10.1. The Morgan fingerprint density at radius 2 is 1.86 bits per heavy atom. The summed E-state index contributed by atoms with van der Waals surface area (Å²) in [6.07, 6.45) is 1.25. The van der Waals surface area contributed by atoms with Gasteiger partial charge in [0.15, 0.2) is 0 Å². The summed E-state index contributed by atoms with van der Waals surface area (Å²) in [7, 11) is 1.98. The van der Waals surface area contributed by atoms with E-state index in [1.807, 2.05) is 55.6 Å². The van der Waals surface area contributed by atoms with Gasteiger partial charge in [0.1, 0.15) is 18.5 Å². The molecule has 0 bridgehead atoms. The molecule has 0 saturated carbocycles. The van der Waals surface area contributed by atoms with Crippen LogP contribution in [0.5, 0.6) is 5.75 Å². The van der Waals surface area contributed by atoms with Crippen molar-refractivity contribution in [3.8, 4) is 5.75 Å². The highest BCUT2D eigenvalue weighted by atomic mass is 16.5. The SMILES string of the molecule is CC(c1ccccn1)N(C)CC(O)COc1ccccc1. The number of aliphatic hydroxyl groups excluding tert-OH is 1. The Labute approximate surface area is 126 Å². The summed E-state index contributed by atoms with van der Waals surface area (Å²) in [6.45, 7) is 2.89. The first-order chi connectivity index (χ1) is 10.2. The monoisotopic (exact) mass is 286 g/mol. The number of hydrogen-bond acceptors (Lipinski definition) is 4. The lowest BCUT2D eigenvalue weighted by Crippen LogP contribution is -2.35. The molecular weight excluding hydrogens is 264 g/mol. The summed E-state index contributed by atoms with van der Waals surface area (Å²) in [5.41, 5.74) is 0.996. The third-order valence-electron chi connectivity index (χ3n) is 3.46. The molecule has 0 saturated heterocycles. The molecule has 0 fully saturated rings. The van der Waals surface area contributed by atoms with E-state index in [2.05, 4.69) is 16.8 Å². The molecule has 1 aromatic heterocycles. The molecule has 1 aromatic carbocycles. The van der Waals surface area contributed by atoms with Crippen LogP contribution in [0, 0.1) is 0 Å². The van der Waals surface area contributed by atoms with Crippen molar-refractivity contribution in [3.05, 3.63) is 60.4 Å². The van der Waals surface area contributed by atoms with Gasteiger partial charge >= 0.3 is 0 Å². The van der Waals surface area contributed by atoms with Crippen molar-refractivity contribution in [1.82, 2.24) is 9.88 Å². The smallest absolute Gasteiger partial charge is 0.119 e. The number of para-hydroxylation sites is 1. The Morgan fingerprint density at radius 1 is 1.14 bits per heavy atom. The van der Waals surface area contributed by atoms with Gasteiger partial charge in [0.2, 0.25) is 0 Å². The van der Waals surface area contributed by atoms with Crippen LogP contribution in [0.4, 0.5) is 0 Å². The van der Waals surface area contributed by atoms with Crippen LogP contribution in [-0.4, -0.2) is 41.3 Å². The number of benzene rings is 1. The van der Waals surface area contributed by atoms with Crippen LogP contribution in [0.25, 0.3) is 0 Å². The van der Waals surface area contributed by atoms with Gasteiger partial charge in [-0.1, -0.05) is 24.3 Å². The highest BCUT2D eigenvalue weighted by Gasteiger charge is 2.16. The molecule has 1 heterocycles. The molecule has 0 spiro atoms. The maximum absolute atomic E-state index is 10.1. The van der Waals surface area contributed by atoms with E-state index in [0.29, 0.717) is 6.54 Å². The van der Waals surface area contributed by atoms with Gasteiger partial charge in [-0.15, -0.1) is 0 Å². The van der Waals surface area contributed by atoms with Gasteiger partial charge in [-0.3, -0.25) is 9.88 Å². The third-order valence-corrected chi connectivity index (χ3v) is 3.46. The van der Waals surface area contributed by atoms with E-state index in [0.717, 1.165) is 11.4 Å². The van der Waals surface area contributed by atoms with Crippen LogP contribution in [0.3, 0.4) is 0 Å². The van der Waals surface area contributed by atoms with Crippen LogP contribution >= 0.6 is 0 Å². The van der Waals surface area contributed by atoms with Crippen molar-refractivity contribution in [2.75, 3.05) is 20.2 Å². The second-order valence-electron chi connectivity index (χ2n) is 5.15. The first kappa shape index (κ1) is 15.5. The third kappa shape index (κ3) is 4.85. The summed E-state index contributed by atoms with van der Waals surface area (Å²) in [5.74, 6) is 0.775. The zero-order valence-corrected chi connectivity index (χ0v) is 12.5. The highest BCUT2D eigenvalue weighted by Crippen LogP contribution is 2.16. The van der Waals surface area contributed by atoms with E-state index in [1.54, 1.807) is 6.20 Å². The fourth-order valence-electron chi connectivity index (χ4n) is 2.10. The van der Waals surface area contributed by atoms with Crippen molar-refractivity contribution >= 4 is 0 Å². The van der Waals surface area contributed by atoms with E-state index >= 15 is 0 Å². The van der Waals surface area contributed by atoms with Crippen LogP contribution < -0.4 is 4.74 Å². The van der Waals surface area contributed by atoms with Gasteiger partial charge in [0, 0.05) is 18.8 Å². The molecule has 21 heavy (non-hydrogen) atoms. The Kier molecular flexibility index (Phi) is 5.72. The Bertz CT molecular complexity index is 519. The molecule has 2 rings (SSSR count). The molecule has 0 amide bonds. The van der Waals surface area contributed by atoms with Crippen molar-refractivity contribution in [3.63, 3.8) is 0 Å². The normalized spacial score (nSPS) is 13.9. The number of pyridine rings is 1. The first-order valence-corrected chi connectivity index (χ1v) is 7.14. The van der Waals surface area contributed by atoms with E-state index in [9.17, 15) is 5.11 Å². The zero-order valence-electron chi connectivity index (χ0n) is 12.5. The molecule has 0 radical (unpaired) electrons. The van der Waals surface area contributed by atoms with E-state index < -0.39 is 6.10 Å². The summed E-state index contributed by atoms with van der Waals surface area (Å²) in [4.78, 5) is 6.42. The van der Waals surface area contributed by atoms with E-state index in [1.165, 1.54) is 0 Å². The molecule has 0 aliphatic heterocycles. The Morgan fingerprint density at radius 3 is 2.52 bits per heavy atom. The van der Waals surface area contributed by atoms with Crippen molar-refractivity contribution in [1.29, 1.82) is 0 Å². The number of likely N-dealkylation sites (N-methyl/N-ethyl adjacent to an activating group) is 1. The number of rotatable bonds is 7. The molecule has 2 atom stereocenters. The lowest BCUT2D eigenvalue weighted by molar-refractivity contribution is 0.0648. The van der Waals surface area contributed by atoms with E-state index in [-0.39, 0.29) is 12.6 Å². The predicted molar refractivity (Wildman–Crippen MR) is 83.2 cm³/mol. The number of nitrogens with zero attached hydrogens (tertiary/aromatic N) is 2. The lowest BCUT2D eigenvalue weighted by Gasteiger charge is -2.26. The molecule has 0 aliphatic carbocycles. The Hall–Kier alpha value is -1.91. The van der Waals surface area contributed by atoms with Gasteiger partial charge in [-0.2, -0.15) is 0 Å². The second-order valence-corrected chi connectivity index (χ2v) is 5.15. The second kappa shape index (κ2) is 7.76. The quantitative estimate of drug-likeness (QED) is 0.849. The minimum atomic E-state index is -0.540. The molecular formula is C17H22N2O2. The van der Waals surface area contributed by atoms with Crippen molar-refractivity contribution in [2.24, 2.45) is 0 Å². The molecule has 112 valence electrons. The summed E-state index contributed by atoms with van der Waals surface area (Å²) in [5, 5.41) is 10.1. The summed E-state index contributed by atoms with van der Waals surface area (Å²) >= 11 is 0. The number of ether oxygens (including phenoxy) is 1. The van der Waals surface area contributed by atoms with Crippen LogP contribution in [0.1, 0.15) is 18.7 Å². The van der Waals surface area contributed by atoms with E-state index in [4.69, 9.17) is 4.74 Å². The maximum Gasteiger partial charge on any atom is 0.119 e. The highest BCUT2D eigenvalue weighted by molar-refractivity contribution is 5.20. The van der Waals surface area contributed by atoms with Gasteiger partial charge in [-0.25, -0.2) is 0 Å². The summed E-state index contributed by atoms with van der Waals surface area (Å²) in [6, 6.07) is 15.5. The topological polar surface area (TPSA) is 45.6 Å². The van der Waals surface area contributed by atoms with Crippen LogP contribution in [-0.2, 0) is 0 Å². The summed E-state index contributed by atoms with van der Waals surface area (Å²) < 4.78 is 5.56. The zero-order chi connectivity index (χ0) is 15.1. The minimum Gasteiger partial charge on any atom is -0.491 e. The molecule has 2 unspecified atom stereocenters. The Balaban J connectivity index is 1.80. The van der Waals surface area contributed by atoms with Gasteiger partial charge < -0.3 is 9.84 Å².